The molecule has 0 unspecified atom stereocenters. The highest BCUT2D eigenvalue weighted by molar-refractivity contribution is 5.98. The number of carbonyl (C=O) groups excluding carboxylic acids is 2. The SMILES string of the molecule is COCOc1cc(N(C)C)cc2c1C(=O)O[C@@H](C)[C@H](C)/C=C\C(=O)[C@H]1OC(C)(C)O[C@H]1CC=C2. The molecule has 3 rings (SSSR count). The zero-order valence-corrected chi connectivity index (χ0v) is 21.0. The number of nitrogens with zero attached hydrogens (tertiary/aromatic N) is 1. The predicted molar refractivity (Wildman–Crippen MR) is 129 cm³/mol. The topological polar surface area (TPSA) is 83.5 Å². The van der Waals surface area contributed by atoms with Crippen molar-refractivity contribution in [3.8, 4) is 5.75 Å². The molecule has 0 radical (unpaired) electrons. The molecule has 2 aliphatic rings. The van der Waals surface area contributed by atoms with Gasteiger partial charge < -0.3 is 28.6 Å². The average molecular weight is 474 g/mol. The molecule has 0 aromatic heterocycles. The summed E-state index contributed by atoms with van der Waals surface area (Å²) in [5.41, 5.74) is 1.80. The Morgan fingerprint density at radius 3 is 2.53 bits per heavy atom. The van der Waals surface area contributed by atoms with Gasteiger partial charge in [0.05, 0.1) is 6.10 Å². The zero-order chi connectivity index (χ0) is 25.0. The summed E-state index contributed by atoms with van der Waals surface area (Å²) >= 11 is 0. The Hall–Kier alpha value is -2.68. The molecule has 0 N–H and O–H groups in total. The van der Waals surface area contributed by atoms with Crippen LogP contribution in [0.5, 0.6) is 5.75 Å². The second-order valence-corrected chi connectivity index (χ2v) is 9.32. The maximum Gasteiger partial charge on any atom is 0.342 e. The molecular formula is C26H35NO7. The Bertz CT molecular complexity index is 966. The number of cyclic esters (lactones) is 1. The molecule has 4 atom stereocenters. The van der Waals surface area contributed by atoms with E-state index < -0.39 is 30.1 Å². The summed E-state index contributed by atoms with van der Waals surface area (Å²) in [6.45, 7) is 7.26. The van der Waals surface area contributed by atoms with Crippen LogP contribution in [0.2, 0.25) is 0 Å². The van der Waals surface area contributed by atoms with Gasteiger partial charge in [0.1, 0.15) is 23.5 Å². The summed E-state index contributed by atoms with van der Waals surface area (Å²) in [6, 6.07) is 3.68. The lowest BCUT2D eigenvalue weighted by Gasteiger charge is -2.22. The van der Waals surface area contributed by atoms with E-state index in [1.807, 2.05) is 44.1 Å². The minimum Gasteiger partial charge on any atom is -0.467 e. The van der Waals surface area contributed by atoms with Crippen LogP contribution in [-0.2, 0) is 23.7 Å². The van der Waals surface area contributed by atoms with Gasteiger partial charge in [0.25, 0.3) is 0 Å². The largest absolute Gasteiger partial charge is 0.467 e. The highest BCUT2D eigenvalue weighted by Crippen LogP contribution is 2.34. The van der Waals surface area contributed by atoms with Crippen LogP contribution < -0.4 is 9.64 Å². The number of benzene rings is 1. The van der Waals surface area contributed by atoms with Gasteiger partial charge >= 0.3 is 5.97 Å². The van der Waals surface area contributed by atoms with E-state index in [1.165, 1.54) is 13.2 Å². The molecule has 0 amide bonds. The van der Waals surface area contributed by atoms with Crippen molar-refractivity contribution in [3.63, 3.8) is 0 Å². The summed E-state index contributed by atoms with van der Waals surface area (Å²) in [5.74, 6) is -1.37. The Morgan fingerprint density at radius 1 is 1.12 bits per heavy atom. The van der Waals surface area contributed by atoms with Crippen LogP contribution in [0.25, 0.3) is 6.08 Å². The zero-order valence-electron chi connectivity index (χ0n) is 21.0. The fraction of sp³-hybridized carbons (Fsp3) is 0.538. The summed E-state index contributed by atoms with van der Waals surface area (Å²) in [7, 11) is 5.34. The van der Waals surface area contributed by atoms with Crippen LogP contribution in [0.3, 0.4) is 0 Å². The smallest absolute Gasteiger partial charge is 0.342 e. The second kappa shape index (κ2) is 10.7. The number of methoxy groups -OCH3 is 1. The highest BCUT2D eigenvalue weighted by atomic mass is 16.8. The van der Waals surface area contributed by atoms with Crippen molar-refractivity contribution >= 4 is 23.5 Å². The van der Waals surface area contributed by atoms with E-state index >= 15 is 0 Å². The first kappa shape index (κ1) is 25.9. The molecule has 0 saturated carbocycles. The van der Waals surface area contributed by atoms with Gasteiger partial charge in [0.2, 0.25) is 0 Å². The minimum absolute atomic E-state index is 0.0128. The number of anilines is 1. The maximum absolute atomic E-state index is 13.3. The van der Waals surface area contributed by atoms with E-state index in [0.29, 0.717) is 23.3 Å². The van der Waals surface area contributed by atoms with Gasteiger partial charge in [-0.2, -0.15) is 0 Å². The number of hydrogen-bond donors (Lipinski definition) is 0. The van der Waals surface area contributed by atoms with Gasteiger partial charge in [-0.05, 0) is 44.9 Å². The molecular weight excluding hydrogens is 438 g/mol. The predicted octanol–water partition coefficient (Wildman–Crippen LogP) is 3.98. The normalized spacial score (nSPS) is 27.9. The Kier molecular flexibility index (Phi) is 8.17. The van der Waals surface area contributed by atoms with Crippen molar-refractivity contribution in [2.24, 2.45) is 5.92 Å². The first-order valence-electron chi connectivity index (χ1n) is 11.4. The van der Waals surface area contributed by atoms with Gasteiger partial charge in [-0.25, -0.2) is 4.79 Å². The first-order chi connectivity index (χ1) is 16.0. The van der Waals surface area contributed by atoms with Crippen molar-refractivity contribution < 1.29 is 33.3 Å². The quantitative estimate of drug-likeness (QED) is 0.480. The molecule has 8 nitrogen and oxygen atoms in total. The second-order valence-electron chi connectivity index (χ2n) is 9.32. The fourth-order valence-electron chi connectivity index (χ4n) is 3.88. The molecule has 0 aliphatic carbocycles. The standard InChI is InChI=1S/C26H35NO7/c1-16-11-12-20(28)24-21(33-26(3,4)34-24)10-8-9-18-13-19(27(5)6)14-22(31-15-30-7)23(18)25(29)32-17(16)2/h8-9,11-14,16-17,21,24H,10,15H2,1-7H3/b9-8?,12-11-/t16-,17+,21+,24-/m1/s1. The number of fused-ring (bicyclic) bond motifs is 2. The Balaban J connectivity index is 2.10. The molecule has 1 fully saturated rings. The molecule has 1 saturated heterocycles. The van der Waals surface area contributed by atoms with Crippen molar-refractivity contribution in [2.75, 3.05) is 32.9 Å². The maximum atomic E-state index is 13.3. The number of rotatable bonds is 4. The van der Waals surface area contributed by atoms with E-state index in [0.717, 1.165) is 5.69 Å². The van der Waals surface area contributed by atoms with Crippen LogP contribution in [0.4, 0.5) is 5.69 Å². The van der Waals surface area contributed by atoms with Crippen LogP contribution >= 0.6 is 0 Å². The molecule has 2 aliphatic heterocycles. The van der Waals surface area contributed by atoms with Gasteiger partial charge in [-0.1, -0.05) is 25.2 Å². The van der Waals surface area contributed by atoms with Gasteiger partial charge in [-0.15, -0.1) is 0 Å². The van der Waals surface area contributed by atoms with E-state index in [2.05, 4.69) is 0 Å². The van der Waals surface area contributed by atoms with Gasteiger partial charge in [0.15, 0.2) is 18.4 Å². The van der Waals surface area contributed by atoms with Gasteiger partial charge in [0, 0.05) is 38.9 Å². The van der Waals surface area contributed by atoms with Crippen molar-refractivity contribution in [2.45, 2.75) is 58.2 Å². The summed E-state index contributed by atoms with van der Waals surface area (Å²) in [4.78, 5) is 28.1. The summed E-state index contributed by atoms with van der Waals surface area (Å²) in [5, 5.41) is 0. The third kappa shape index (κ3) is 6.05. The van der Waals surface area contributed by atoms with Crippen LogP contribution in [0, 0.1) is 5.92 Å². The molecule has 0 bridgehead atoms. The number of esters is 1. The van der Waals surface area contributed by atoms with E-state index in [4.69, 9.17) is 23.7 Å². The van der Waals surface area contributed by atoms with Crippen molar-refractivity contribution in [1.82, 2.24) is 0 Å². The monoisotopic (exact) mass is 473 g/mol. The molecule has 2 heterocycles. The van der Waals surface area contributed by atoms with Crippen molar-refractivity contribution in [1.29, 1.82) is 0 Å². The summed E-state index contributed by atoms with van der Waals surface area (Å²) < 4.78 is 28.5. The molecule has 1 aromatic carbocycles. The molecule has 186 valence electrons. The minimum atomic E-state index is -0.865. The molecule has 0 spiro atoms. The molecule has 34 heavy (non-hydrogen) atoms. The van der Waals surface area contributed by atoms with Crippen LogP contribution in [0.1, 0.15) is 50.0 Å². The summed E-state index contributed by atoms with van der Waals surface area (Å²) in [6.07, 6.45) is 5.73. The lowest BCUT2D eigenvalue weighted by atomic mass is 9.99. The Labute approximate surface area is 201 Å². The lowest BCUT2D eigenvalue weighted by molar-refractivity contribution is -0.152. The van der Waals surface area contributed by atoms with Gasteiger partial charge in [-0.3, -0.25) is 4.79 Å². The third-order valence-corrected chi connectivity index (χ3v) is 5.90. The van der Waals surface area contributed by atoms with E-state index in [-0.39, 0.29) is 18.5 Å². The number of ketones is 1. The van der Waals surface area contributed by atoms with E-state index in [9.17, 15) is 9.59 Å². The number of ether oxygens (including phenoxy) is 5. The Morgan fingerprint density at radius 2 is 1.85 bits per heavy atom. The molecule has 1 aromatic rings. The highest BCUT2D eigenvalue weighted by Gasteiger charge is 2.43. The van der Waals surface area contributed by atoms with Crippen molar-refractivity contribution in [3.05, 3.63) is 41.5 Å². The van der Waals surface area contributed by atoms with Crippen LogP contribution in [-0.4, -0.2) is 63.8 Å². The molecule has 8 heteroatoms. The average Bonchev–Trinajstić information content (AvgIpc) is 3.08. The lowest BCUT2D eigenvalue weighted by Crippen LogP contribution is -2.30. The van der Waals surface area contributed by atoms with E-state index in [1.54, 1.807) is 32.9 Å². The van der Waals surface area contributed by atoms with Crippen LogP contribution in [0.15, 0.2) is 30.4 Å². The third-order valence-electron chi connectivity index (χ3n) is 5.90. The first-order valence-corrected chi connectivity index (χ1v) is 11.4. The fourth-order valence-corrected chi connectivity index (χ4v) is 3.88. The number of carbonyl (C=O) groups is 2. The number of hydrogen-bond acceptors (Lipinski definition) is 8.